The molecule has 112 valence electrons. The van der Waals surface area contributed by atoms with Crippen LogP contribution in [0, 0.1) is 5.92 Å². The summed E-state index contributed by atoms with van der Waals surface area (Å²) in [7, 11) is 0. The number of carbonyl (C=O) groups is 1. The highest BCUT2D eigenvalue weighted by Crippen LogP contribution is 2.53. The van der Waals surface area contributed by atoms with E-state index < -0.39 is 11.6 Å². The third-order valence-electron chi connectivity index (χ3n) is 4.49. The predicted octanol–water partition coefficient (Wildman–Crippen LogP) is 3.08. The average molecular weight is 296 g/mol. The zero-order chi connectivity index (χ0) is 15.2. The molecule has 0 amide bonds. The Balaban J connectivity index is 1.58. The number of benzene rings is 1. The quantitative estimate of drug-likeness (QED) is 0.927. The van der Waals surface area contributed by atoms with Gasteiger partial charge in [-0.05, 0) is 35.3 Å². The van der Waals surface area contributed by atoms with E-state index in [1.807, 2.05) is 18.2 Å². The Morgan fingerprint density at radius 1 is 1.27 bits per heavy atom. The number of allylic oxidation sites excluding steroid dienone is 2. The molecule has 0 spiro atoms. The average Bonchev–Trinajstić information content (AvgIpc) is 3.07. The van der Waals surface area contributed by atoms with Crippen molar-refractivity contribution in [2.45, 2.75) is 18.4 Å². The fraction of sp³-hybridized carbons (Fsp3) is 0.278. The summed E-state index contributed by atoms with van der Waals surface area (Å²) < 4.78 is 11.2. The van der Waals surface area contributed by atoms with Crippen LogP contribution in [0.1, 0.15) is 12.8 Å². The molecule has 1 saturated carbocycles. The number of aliphatic carboxylic acids is 1. The van der Waals surface area contributed by atoms with Crippen LogP contribution in [0.2, 0.25) is 0 Å². The number of para-hydroxylation sites is 1. The van der Waals surface area contributed by atoms with Gasteiger partial charge in [0.25, 0.3) is 0 Å². The Morgan fingerprint density at radius 2 is 2.09 bits per heavy atom. The van der Waals surface area contributed by atoms with Crippen LogP contribution in [-0.2, 0) is 9.53 Å². The maximum absolute atomic E-state index is 11.8. The van der Waals surface area contributed by atoms with Crippen LogP contribution in [-0.4, -0.2) is 23.3 Å². The molecular weight excluding hydrogens is 280 g/mol. The van der Waals surface area contributed by atoms with E-state index in [4.69, 9.17) is 9.47 Å². The number of carboxylic acids is 1. The maximum atomic E-state index is 11.8. The van der Waals surface area contributed by atoms with Gasteiger partial charge in [-0.25, -0.2) is 4.79 Å². The maximum Gasteiger partial charge on any atom is 0.348 e. The molecule has 4 rings (SSSR count). The molecule has 1 aromatic carbocycles. The molecule has 1 N–H and O–H groups in total. The second kappa shape index (κ2) is 4.77. The van der Waals surface area contributed by atoms with E-state index in [1.165, 1.54) is 5.57 Å². The van der Waals surface area contributed by atoms with Gasteiger partial charge in [-0.1, -0.05) is 30.4 Å². The van der Waals surface area contributed by atoms with E-state index >= 15 is 0 Å². The fourth-order valence-electron chi connectivity index (χ4n) is 3.17. The molecule has 4 heteroatoms. The van der Waals surface area contributed by atoms with Gasteiger partial charge >= 0.3 is 5.97 Å². The minimum absolute atomic E-state index is 0.0974. The molecule has 22 heavy (non-hydrogen) atoms. The minimum atomic E-state index is -1.13. The van der Waals surface area contributed by atoms with Crippen LogP contribution in [0.5, 0.6) is 5.75 Å². The van der Waals surface area contributed by atoms with Gasteiger partial charge in [0.1, 0.15) is 12.4 Å². The van der Waals surface area contributed by atoms with Crippen LogP contribution >= 0.6 is 0 Å². The molecule has 1 fully saturated rings. The molecule has 0 saturated heterocycles. The Bertz CT molecular complexity index is 714. The van der Waals surface area contributed by atoms with Gasteiger partial charge in [-0.2, -0.15) is 0 Å². The number of ether oxygens (including phenoxy) is 2. The Morgan fingerprint density at radius 3 is 2.86 bits per heavy atom. The van der Waals surface area contributed by atoms with Crippen LogP contribution in [0.4, 0.5) is 0 Å². The summed E-state index contributed by atoms with van der Waals surface area (Å²) in [6.45, 7) is 0.582. The lowest BCUT2D eigenvalue weighted by Crippen LogP contribution is -2.32. The lowest BCUT2D eigenvalue weighted by atomic mass is 9.93. The highest BCUT2D eigenvalue weighted by molar-refractivity contribution is 5.84. The van der Waals surface area contributed by atoms with Gasteiger partial charge in [0.05, 0.1) is 6.26 Å². The lowest BCUT2D eigenvalue weighted by molar-refractivity contribution is -0.147. The number of carboxylic acid groups (broad SMARTS) is 1. The fourth-order valence-corrected chi connectivity index (χ4v) is 3.17. The molecule has 1 aromatic rings. The van der Waals surface area contributed by atoms with Crippen molar-refractivity contribution in [1.29, 1.82) is 0 Å². The molecule has 2 unspecified atom stereocenters. The van der Waals surface area contributed by atoms with E-state index in [9.17, 15) is 9.90 Å². The van der Waals surface area contributed by atoms with Crippen molar-refractivity contribution < 1.29 is 19.4 Å². The van der Waals surface area contributed by atoms with Crippen LogP contribution < -0.4 is 4.74 Å². The van der Waals surface area contributed by atoms with Gasteiger partial charge in [-0.3, -0.25) is 0 Å². The first kappa shape index (κ1) is 13.2. The third-order valence-corrected chi connectivity index (χ3v) is 4.49. The van der Waals surface area contributed by atoms with Gasteiger partial charge in [0.15, 0.2) is 0 Å². The van der Waals surface area contributed by atoms with E-state index in [1.54, 1.807) is 18.4 Å². The summed E-state index contributed by atoms with van der Waals surface area (Å²) in [5, 5.41) is 9.64. The van der Waals surface area contributed by atoms with Crippen molar-refractivity contribution in [3.05, 3.63) is 65.5 Å². The summed E-state index contributed by atoms with van der Waals surface area (Å²) in [4.78, 5) is 11.8. The van der Waals surface area contributed by atoms with E-state index in [2.05, 4.69) is 12.2 Å². The second-order valence-electron chi connectivity index (χ2n) is 5.90. The SMILES string of the molecule is O=C(O)C1(Oc2ccccc2)CC1C1=CCC2=COCC2=C1. The highest BCUT2D eigenvalue weighted by Gasteiger charge is 2.64. The lowest BCUT2D eigenvalue weighted by Gasteiger charge is -2.18. The van der Waals surface area contributed by atoms with Crippen molar-refractivity contribution in [2.24, 2.45) is 5.92 Å². The summed E-state index contributed by atoms with van der Waals surface area (Å²) in [5.41, 5.74) is 2.26. The molecule has 1 aliphatic heterocycles. The van der Waals surface area contributed by atoms with E-state index in [-0.39, 0.29) is 5.92 Å². The first-order valence-electron chi connectivity index (χ1n) is 7.38. The van der Waals surface area contributed by atoms with Gasteiger partial charge in [0, 0.05) is 12.3 Å². The Labute approximate surface area is 128 Å². The number of hydrogen-bond donors (Lipinski definition) is 1. The van der Waals surface area contributed by atoms with Gasteiger partial charge < -0.3 is 14.6 Å². The van der Waals surface area contributed by atoms with Crippen molar-refractivity contribution in [3.63, 3.8) is 0 Å². The first-order valence-corrected chi connectivity index (χ1v) is 7.38. The number of hydrogen-bond acceptors (Lipinski definition) is 3. The second-order valence-corrected chi connectivity index (χ2v) is 5.90. The molecule has 4 nitrogen and oxygen atoms in total. The zero-order valence-electron chi connectivity index (χ0n) is 12.0. The zero-order valence-corrected chi connectivity index (χ0v) is 12.0. The molecule has 0 bridgehead atoms. The van der Waals surface area contributed by atoms with Crippen LogP contribution in [0.15, 0.2) is 65.5 Å². The minimum Gasteiger partial charge on any atom is -0.496 e. The first-order chi connectivity index (χ1) is 10.7. The van der Waals surface area contributed by atoms with E-state index in [0.717, 1.165) is 17.6 Å². The molecule has 2 atom stereocenters. The topological polar surface area (TPSA) is 55.8 Å². The van der Waals surface area contributed by atoms with Crippen molar-refractivity contribution >= 4 is 5.97 Å². The third kappa shape index (κ3) is 2.03. The number of fused-ring (bicyclic) bond motifs is 1. The number of rotatable bonds is 4. The summed E-state index contributed by atoms with van der Waals surface area (Å²) in [6, 6.07) is 9.15. The molecule has 1 heterocycles. The molecule has 3 aliphatic rings. The van der Waals surface area contributed by atoms with Crippen molar-refractivity contribution in [3.8, 4) is 5.75 Å². The molecular formula is C18H16O4. The van der Waals surface area contributed by atoms with Crippen molar-refractivity contribution in [2.75, 3.05) is 6.61 Å². The largest absolute Gasteiger partial charge is 0.496 e. The summed E-state index contributed by atoms with van der Waals surface area (Å²) >= 11 is 0. The standard InChI is InChI=1S/C18H16O4/c19-17(20)18(22-15-4-2-1-3-5-15)9-16(18)12-6-7-13-10-21-11-14(13)8-12/h1-6,8,10,16H,7,9,11H2,(H,19,20). The smallest absolute Gasteiger partial charge is 0.348 e. The molecule has 0 radical (unpaired) electrons. The van der Waals surface area contributed by atoms with Crippen LogP contribution in [0.25, 0.3) is 0 Å². The van der Waals surface area contributed by atoms with Gasteiger partial charge in [-0.15, -0.1) is 0 Å². The van der Waals surface area contributed by atoms with E-state index in [0.29, 0.717) is 18.8 Å². The molecule has 2 aliphatic carbocycles. The predicted molar refractivity (Wildman–Crippen MR) is 80.4 cm³/mol. The van der Waals surface area contributed by atoms with Gasteiger partial charge in [0.2, 0.25) is 5.60 Å². The normalized spacial score (nSPS) is 28.7. The van der Waals surface area contributed by atoms with Crippen molar-refractivity contribution in [1.82, 2.24) is 0 Å². The Hall–Kier alpha value is -2.49. The summed E-state index contributed by atoms with van der Waals surface area (Å²) in [5.74, 6) is -0.397. The highest BCUT2D eigenvalue weighted by atomic mass is 16.5. The Kier molecular flexibility index (Phi) is 2.86. The monoisotopic (exact) mass is 296 g/mol. The summed E-state index contributed by atoms with van der Waals surface area (Å²) in [6.07, 6.45) is 7.25. The van der Waals surface area contributed by atoms with Crippen LogP contribution in [0.3, 0.4) is 0 Å². The molecule has 0 aromatic heterocycles.